The monoisotopic (exact) mass is 229 g/mol. The first-order chi connectivity index (χ1) is 8.27. The van der Waals surface area contributed by atoms with Crippen LogP contribution in [0.2, 0.25) is 0 Å². The highest BCUT2D eigenvalue weighted by molar-refractivity contribution is 5.67. The second-order valence-corrected chi connectivity index (χ2v) is 5.31. The lowest BCUT2D eigenvalue weighted by molar-refractivity contribution is -0.758. The molecular weight excluding hydrogens is 212 g/mol. The van der Waals surface area contributed by atoms with Crippen molar-refractivity contribution in [3.05, 3.63) is 36.1 Å². The van der Waals surface area contributed by atoms with Gasteiger partial charge in [-0.1, -0.05) is 29.8 Å². The molecule has 4 rings (SSSR count). The van der Waals surface area contributed by atoms with Crippen LogP contribution in [-0.2, 0) is 4.84 Å². The van der Waals surface area contributed by atoms with Gasteiger partial charge in [0.15, 0.2) is 6.21 Å². The molecule has 1 fully saturated rings. The summed E-state index contributed by atoms with van der Waals surface area (Å²) in [7, 11) is 1.98. The number of rotatable bonds is 1. The van der Waals surface area contributed by atoms with Crippen LogP contribution >= 0.6 is 0 Å². The van der Waals surface area contributed by atoms with Gasteiger partial charge in [0.25, 0.3) is 5.54 Å². The number of hydrazine groups is 1. The Hall–Kier alpha value is -1.51. The predicted molar refractivity (Wildman–Crippen MR) is 65.0 cm³/mol. The zero-order chi connectivity index (χ0) is 11.6. The van der Waals surface area contributed by atoms with Crippen LogP contribution < -0.4 is 0 Å². The van der Waals surface area contributed by atoms with Crippen molar-refractivity contribution in [1.29, 1.82) is 0 Å². The Morgan fingerprint density at radius 3 is 3.00 bits per heavy atom. The minimum atomic E-state index is 0.0388. The minimum Gasteiger partial charge on any atom is -0.330 e. The van der Waals surface area contributed by atoms with Crippen molar-refractivity contribution in [2.75, 3.05) is 7.05 Å². The summed E-state index contributed by atoms with van der Waals surface area (Å²) >= 11 is 0. The molecule has 0 amide bonds. The van der Waals surface area contributed by atoms with E-state index in [-0.39, 0.29) is 5.54 Å². The maximum atomic E-state index is 5.92. The van der Waals surface area contributed by atoms with Crippen molar-refractivity contribution in [2.45, 2.75) is 18.9 Å². The van der Waals surface area contributed by atoms with Crippen molar-refractivity contribution in [3.63, 3.8) is 0 Å². The molecule has 2 aliphatic carbocycles. The Labute approximate surface area is 101 Å². The van der Waals surface area contributed by atoms with E-state index < -0.39 is 0 Å². The van der Waals surface area contributed by atoms with Crippen molar-refractivity contribution in [2.24, 2.45) is 17.8 Å². The minimum absolute atomic E-state index is 0.0388. The van der Waals surface area contributed by atoms with E-state index in [4.69, 9.17) is 4.84 Å². The van der Waals surface area contributed by atoms with Crippen LogP contribution in [0.25, 0.3) is 0 Å². The lowest BCUT2D eigenvalue weighted by Gasteiger charge is -2.27. The van der Waals surface area contributed by atoms with Gasteiger partial charge in [-0.05, 0) is 11.2 Å². The predicted octanol–water partition coefficient (Wildman–Crippen LogP) is 1.90. The Morgan fingerprint density at radius 1 is 1.35 bits per heavy atom. The standard InChI is InChI=1S/C14H17N2O/c1-3-14-12-9-11-7-6-10(13(11)14)5-4-8-16(14)15(2)17-12/h4-11,13H,3H2,1-2H3/q+1. The van der Waals surface area contributed by atoms with Gasteiger partial charge in [0.05, 0.1) is 5.92 Å². The first-order valence-electron chi connectivity index (χ1n) is 6.40. The molecule has 0 aromatic rings. The molecule has 88 valence electrons. The summed E-state index contributed by atoms with van der Waals surface area (Å²) in [6, 6.07) is 0. The molecule has 3 heteroatoms. The maximum Gasteiger partial charge on any atom is 0.257 e. The lowest BCUT2D eigenvalue weighted by Crippen LogP contribution is -2.48. The van der Waals surface area contributed by atoms with E-state index in [2.05, 4.69) is 48.2 Å². The smallest absolute Gasteiger partial charge is 0.257 e. The second-order valence-electron chi connectivity index (χ2n) is 5.31. The zero-order valence-electron chi connectivity index (χ0n) is 10.2. The molecule has 17 heavy (non-hydrogen) atoms. The molecule has 0 aromatic carbocycles. The number of hydrogen-bond acceptors (Lipinski definition) is 2. The van der Waals surface area contributed by atoms with Crippen LogP contribution in [0.5, 0.6) is 0 Å². The summed E-state index contributed by atoms with van der Waals surface area (Å²) < 4.78 is 2.27. The first-order valence-corrected chi connectivity index (χ1v) is 6.40. The molecule has 0 spiro atoms. The second kappa shape index (κ2) is 2.84. The van der Waals surface area contributed by atoms with Crippen molar-refractivity contribution in [1.82, 2.24) is 5.17 Å². The normalized spacial score (nSPS) is 44.4. The highest BCUT2D eigenvalue weighted by Gasteiger charge is 2.67. The molecule has 0 radical (unpaired) electrons. The molecule has 4 unspecified atom stereocenters. The van der Waals surface area contributed by atoms with Crippen molar-refractivity contribution in [3.8, 4) is 0 Å². The molecule has 4 atom stereocenters. The van der Waals surface area contributed by atoms with E-state index >= 15 is 0 Å². The molecule has 4 aliphatic rings. The largest absolute Gasteiger partial charge is 0.330 e. The fourth-order valence-corrected chi connectivity index (χ4v) is 4.09. The Kier molecular flexibility index (Phi) is 1.59. The fraction of sp³-hybridized carbons (Fsp3) is 0.500. The highest BCUT2D eigenvalue weighted by Crippen LogP contribution is 2.56. The zero-order valence-corrected chi connectivity index (χ0v) is 10.2. The Bertz CT molecular complexity index is 502. The summed E-state index contributed by atoms with van der Waals surface area (Å²) in [5, 5.41) is 1.87. The van der Waals surface area contributed by atoms with Gasteiger partial charge in [0.2, 0.25) is 5.76 Å². The van der Waals surface area contributed by atoms with Crippen LogP contribution in [0.3, 0.4) is 0 Å². The average molecular weight is 229 g/mol. The third kappa shape index (κ3) is 0.887. The quantitative estimate of drug-likeness (QED) is 0.504. The molecule has 3 nitrogen and oxygen atoms in total. The number of allylic oxidation sites excluding steroid dienone is 5. The topological polar surface area (TPSA) is 15.5 Å². The van der Waals surface area contributed by atoms with Gasteiger partial charge in [-0.25, -0.2) is 0 Å². The lowest BCUT2D eigenvalue weighted by atomic mass is 9.75. The molecule has 0 aromatic heterocycles. The van der Waals surface area contributed by atoms with Crippen LogP contribution in [-0.4, -0.2) is 28.7 Å². The Morgan fingerprint density at radius 2 is 2.18 bits per heavy atom. The van der Waals surface area contributed by atoms with Crippen LogP contribution in [0.1, 0.15) is 13.3 Å². The average Bonchev–Trinajstić information content (AvgIpc) is 2.85. The van der Waals surface area contributed by atoms with Gasteiger partial charge < -0.3 is 4.84 Å². The van der Waals surface area contributed by atoms with E-state index in [0.29, 0.717) is 17.8 Å². The molecule has 0 saturated carbocycles. The van der Waals surface area contributed by atoms with Gasteiger partial charge in [-0.2, -0.15) is 0 Å². The van der Waals surface area contributed by atoms with E-state index in [1.54, 1.807) is 0 Å². The number of nitrogens with zero attached hydrogens (tertiary/aromatic N) is 2. The molecule has 2 heterocycles. The highest BCUT2D eigenvalue weighted by atomic mass is 16.7. The summed E-state index contributed by atoms with van der Waals surface area (Å²) in [6.45, 7) is 2.26. The number of hydroxylamine groups is 1. The van der Waals surface area contributed by atoms with Crippen molar-refractivity contribution < 1.29 is 9.52 Å². The fourth-order valence-electron chi connectivity index (χ4n) is 4.09. The van der Waals surface area contributed by atoms with Gasteiger partial charge in [-0.15, -0.1) is 0 Å². The molecule has 0 bridgehead atoms. The molecular formula is C14H17N2O+. The van der Waals surface area contributed by atoms with Gasteiger partial charge in [-0.3, -0.25) is 0 Å². The summed E-state index contributed by atoms with van der Waals surface area (Å²) in [6.07, 6.45) is 14.7. The number of hydrogen-bond donors (Lipinski definition) is 0. The number of hydrazone groups is 1. The maximum absolute atomic E-state index is 5.92. The molecule has 1 saturated heterocycles. The van der Waals surface area contributed by atoms with Crippen LogP contribution in [0.4, 0.5) is 0 Å². The molecule has 0 N–H and O–H groups in total. The van der Waals surface area contributed by atoms with E-state index in [1.165, 1.54) is 0 Å². The Balaban J connectivity index is 1.98. The summed E-state index contributed by atoms with van der Waals surface area (Å²) in [5.41, 5.74) is 0.0388. The van der Waals surface area contributed by atoms with Crippen LogP contribution in [0.15, 0.2) is 36.1 Å². The van der Waals surface area contributed by atoms with E-state index in [0.717, 1.165) is 12.2 Å². The van der Waals surface area contributed by atoms with E-state index in [9.17, 15) is 0 Å². The summed E-state index contributed by atoms with van der Waals surface area (Å²) in [4.78, 5) is 5.92. The third-order valence-electron chi connectivity index (χ3n) is 4.75. The SMILES string of the molecule is CCC12C3=CC4C=CC(C=CC=[N+]1N(C)O3)C42. The van der Waals surface area contributed by atoms with Gasteiger partial charge in [0, 0.05) is 24.3 Å². The summed E-state index contributed by atoms with van der Waals surface area (Å²) in [5.74, 6) is 2.83. The van der Waals surface area contributed by atoms with Gasteiger partial charge >= 0.3 is 0 Å². The van der Waals surface area contributed by atoms with Crippen molar-refractivity contribution >= 4 is 6.21 Å². The molecule has 2 aliphatic heterocycles. The van der Waals surface area contributed by atoms with Gasteiger partial charge in [0.1, 0.15) is 7.05 Å². The van der Waals surface area contributed by atoms with E-state index in [1.807, 2.05) is 12.2 Å². The third-order valence-corrected chi connectivity index (χ3v) is 4.75. The first kappa shape index (κ1) is 9.51. The van der Waals surface area contributed by atoms with Crippen LogP contribution in [0, 0.1) is 17.8 Å².